The highest BCUT2D eigenvalue weighted by Crippen LogP contribution is 2.25. The summed E-state index contributed by atoms with van der Waals surface area (Å²) in [5.74, 6) is 0.585. The van der Waals surface area contributed by atoms with Crippen LogP contribution in [0.2, 0.25) is 0 Å². The van der Waals surface area contributed by atoms with Crippen molar-refractivity contribution in [2.75, 3.05) is 49.6 Å². The number of anilines is 2. The Kier molecular flexibility index (Phi) is 5.99. The van der Waals surface area contributed by atoms with Gasteiger partial charge in [0.2, 0.25) is 11.8 Å². The van der Waals surface area contributed by atoms with Crippen LogP contribution >= 0.6 is 0 Å². The first kappa shape index (κ1) is 24.3. The number of aromatic nitrogens is 6. The van der Waals surface area contributed by atoms with Gasteiger partial charge in [-0.1, -0.05) is 0 Å². The van der Waals surface area contributed by atoms with Gasteiger partial charge in [0.15, 0.2) is 17.1 Å². The van der Waals surface area contributed by atoms with Crippen LogP contribution in [0, 0.1) is 5.82 Å². The minimum Gasteiger partial charge on any atom is -0.461 e. The van der Waals surface area contributed by atoms with E-state index in [0.29, 0.717) is 78.2 Å². The van der Waals surface area contributed by atoms with Crippen LogP contribution in [-0.4, -0.2) is 76.8 Å². The SMILES string of the molecule is Cn1c(=O)n(CCN2CCN(c3ccc([S@](C)=O)cc3F)CC2)c2nc(N)n3nc(-c4ccco4)nc3c21. The molecule has 0 amide bonds. The van der Waals surface area contributed by atoms with E-state index >= 15 is 0 Å². The van der Waals surface area contributed by atoms with E-state index in [9.17, 15) is 13.4 Å². The molecule has 5 heterocycles. The van der Waals surface area contributed by atoms with E-state index in [-0.39, 0.29) is 17.5 Å². The summed E-state index contributed by atoms with van der Waals surface area (Å²) >= 11 is 0. The monoisotopic (exact) mass is 539 g/mol. The molecule has 14 heteroatoms. The number of hydrogen-bond donors (Lipinski definition) is 1. The van der Waals surface area contributed by atoms with Crippen molar-refractivity contribution < 1.29 is 13.0 Å². The minimum atomic E-state index is -1.23. The number of piperazine rings is 1. The van der Waals surface area contributed by atoms with Crippen LogP contribution in [0.25, 0.3) is 28.4 Å². The highest BCUT2D eigenvalue weighted by molar-refractivity contribution is 7.84. The second-order valence-electron chi connectivity index (χ2n) is 9.18. The van der Waals surface area contributed by atoms with Crippen molar-refractivity contribution in [1.29, 1.82) is 0 Å². The van der Waals surface area contributed by atoms with Crippen molar-refractivity contribution in [3.63, 3.8) is 0 Å². The zero-order valence-corrected chi connectivity index (χ0v) is 21.7. The fourth-order valence-electron chi connectivity index (χ4n) is 4.88. The van der Waals surface area contributed by atoms with E-state index in [1.165, 1.54) is 27.7 Å². The van der Waals surface area contributed by atoms with Crippen molar-refractivity contribution in [2.24, 2.45) is 7.05 Å². The zero-order chi connectivity index (χ0) is 26.6. The summed E-state index contributed by atoms with van der Waals surface area (Å²) in [6.07, 6.45) is 3.07. The summed E-state index contributed by atoms with van der Waals surface area (Å²) in [4.78, 5) is 26.9. The maximum atomic E-state index is 14.6. The molecule has 4 aromatic heterocycles. The summed E-state index contributed by atoms with van der Waals surface area (Å²) in [6.45, 7) is 3.70. The second kappa shape index (κ2) is 9.36. The quantitative estimate of drug-likeness (QED) is 0.339. The molecule has 5 aromatic rings. The molecule has 198 valence electrons. The maximum absolute atomic E-state index is 14.6. The van der Waals surface area contributed by atoms with Crippen LogP contribution in [0.4, 0.5) is 16.0 Å². The molecule has 0 spiro atoms. The number of nitrogens with two attached hydrogens (primary N) is 1. The summed E-state index contributed by atoms with van der Waals surface area (Å²) in [6, 6.07) is 8.22. The number of hydrogen-bond acceptors (Lipinski definition) is 9. The molecule has 1 atom stereocenters. The van der Waals surface area contributed by atoms with Gasteiger partial charge in [-0.2, -0.15) is 9.50 Å². The van der Waals surface area contributed by atoms with Crippen LogP contribution in [0.15, 0.2) is 50.7 Å². The van der Waals surface area contributed by atoms with Crippen LogP contribution in [0.1, 0.15) is 0 Å². The van der Waals surface area contributed by atoms with Gasteiger partial charge >= 0.3 is 5.69 Å². The summed E-state index contributed by atoms with van der Waals surface area (Å²) in [5, 5.41) is 4.40. The molecule has 1 fully saturated rings. The Balaban J connectivity index is 1.21. The van der Waals surface area contributed by atoms with Crippen molar-refractivity contribution in [2.45, 2.75) is 11.4 Å². The maximum Gasteiger partial charge on any atom is 0.330 e. The van der Waals surface area contributed by atoms with Gasteiger partial charge in [0.25, 0.3) is 0 Å². The smallest absolute Gasteiger partial charge is 0.330 e. The molecule has 0 aliphatic carbocycles. The Morgan fingerprint density at radius 1 is 1.11 bits per heavy atom. The van der Waals surface area contributed by atoms with Gasteiger partial charge in [0.1, 0.15) is 11.3 Å². The van der Waals surface area contributed by atoms with Gasteiger partial charge in [-0.15, -0.1) is 5.10 Å². The van der Waals surface area contributed by atoms with Gasteiger partial charge in [0, 0.05) is 68.3 Å². The summed E-state index contributed by atoms with van der Waals surface area (Å²) in [5.41, 5.74) is 7.87. The minimum absolute atomic E-state index is 0.116. The summed E-state index contributed by atoms with van der Waals surface area (Å²) < 4.78 is 36.2. The number of halogens is 1. The third-order valence-corrected chi connectivity index (χ3v) is 7.84. The number of aryl methyl sites for hydroxylation is 1. The van der Waals surface area contributed by atoms with Gasteiger partial charge < -0.3 is 15.1 Å². The van der Waals surface area contributed by atoms with E-state index < -0.39 is 10.8 Å². The predicted molar refractivity (Wildman–Crippen MR) is 141 cm³/mol. The van der Waals surface area contributed by atoms with Crippen molar-refractivity contribution in [3.8, 4) is 11.6 Å². The molecule has 0 bridgehead atoms. The lowest BCUT2D eigenvalue weighted by atomic mass is 10.2. The number of nitrogen functional groups attached to an aromatic ring is 1. The third kappa shape index (κ3) is 4.05. The standard InChI is InChI=1S/C24H26FN9O3S/c1-30-19-21(28-23(26)34-22(19)27-20(29-34)18-4-3-13-37-18)33(24(30)35)12-9-31-7-10-32(11-8-31)17-6-5-15(38(2)36)14-16(17)25/h3-6,13-14H,7-12H2,1-2H3,(H2,26,28)/t38-/m0/s1. The van der Waals surface area contributed by atoms with E-state index in [4.69, 9.17) is 10.2 Å². The fourth-order valence-corrected chi connectivity index (χ4v) is 5.41. The lowest BCUT2D eigenvalue weighted by Crippen LogP contribution is -2.47. The van der Waals surface area contributed by atoms with Crippen molar-refractivity contribution in [3.05, 3.63) is 52.9 Å². The molecule has 12 nitrogen and oxygen atoms in total. The Morgan fingerprint density at radius 3 is 2.58 bits per heavy atom. The average molecular weight is 540 g/mol. The van der Waals surface area contributed by atoms with E-state index in [0.717, 1.165) is 0 Å². The van der Waals surface area contributed by atoms with E-state index in [1.54, 1.807) is 35.9 Å². The zero-order valence-electron chi connectivity index (χ0n) is 20.9. The number of nitrogens with zero attached hydrogens (tertiary/aromatic N) is 8. The highest BCUT2D eigenvalue weighted by atomic mass is 32.2. The van der Waals surface area contributed by atoms with Crippen molar-refractivity contribution >= 4 is 39.2 Å². The van der Waals surface area contributed by atoms with Crippen molar-refractivity contribution in [1.82, 2.24) is 33.6 Å². The normalized spacial score (nSPS) is 15.6. The number of rotatable bonds is 6. The molecule has 38 heavy (non-hydrogen) atoms. The van der Waals surface area contributed by atoms with E-state index in [1.807, 2.05) is 4.90 Å². The molecule has 1 aliphatic rings. The first-order valence-electron chi connectivity index (χ1n) is 12.1. The summed E-state index contributed by atoms with van der Waals surface area (Å²) in [7, 11) is 0.446. The molecule has 2 N–H and O–H groups in total. The van der Waals surface area contributed by atoms with Crippen LogP contribution in [-0.2, 0) is 24.4 Å². The Labute approximate surface area is 218 Å². The Bertz CT molecular complexity index is 1730. The Morgan fingerprint density at radius 2 is 1.89 bits per heavy atom. The largest absolute Gasteiger partial charge is 0.461 e. The molecular formula is C24H26FN9O3S. The number of benzene rings is 1. The van der Waals surface area contributed by atoms with E-state index in [2.05, 4.69) is 20.0 Å². The number of fused-ring (bicyclic) bond motifs is 3. The van der Waals surface area contributed by atoms with Gasteiger partial charge in [-0.3, -0.25) is 18.2 Å². The van der Waals surface area contributed by atoms with Crippen LogP contribution in [0.5, 0.6) is 0 Å². The second-order valence-corrected chi connectivity index (χ2v) is 10.6. The van der Waals surface area contributed by atoms with Crippen LogP contribution < -0.4 is 16.3 Å². The van der Waals surface area contributed by atoms with Crippen LogP contribution in [0.3, 0.4) is 0 Å². The molecule has 1 aliphatic heterocycles. The predicted octanol–water partition coefficient (Wildman–Crippen LogP) is 1.32. The molecule has 0 saturated carbocycles. The lowest BCUT2D eigenvalue weighted by Gasteiger charge is -2.36. The lowest BCUT2D eigenvalue weighted by molar-refractivity contribution is 0.247. The molecule has 1 saturated heterocycles. The van der Waals surface area contributed by atoms with Gasteiger partial charge in [0.05, 0.1) is 12.0 Å². The molecule has 1 aromatic carbocycles. The van der Waals surface area contributed by atoms with Gasteiger partial charge in [-0.05, 0) is 30.3 Å². The third-order valence-electron chi connectivity index (χ3n) is 6.92. The number of furan rings is 1. The topological polar surface area (TPSA) is 133 Å². The van der Waals surface area contributed by atoms with Gasteiger partial charge in [-0.25, -0.2) is 14.2 Å². The molecule has 0 radical (unpaired) electrons. The average Bonchev–Trinajstić information content (AvgIpc) is 3.63. The molecule has 6 rings (SSSR count). The number of imidazole rings is 1. The highest BCUT2D eigenvalue weighted by Gasteiger charge is 2.23. The first-order chi connectivity index (χ1) is 18.3. The fraction of sp³-hybridized carbons (Fsp3) is 0.333. The molecular weight excluding hydrogens is 513 g/mol. The first-order valence-corrected chi connectivity index (χ1v) is 13.6. The molecule has 0 unspecified atom stereocenters. The Hall–Kier alpha value is -4.04.